The Morgan fingerprint density at radius 2 is 2.12 bits per heavy atom. The van der Waals surface area contributed by atoms with E-state index >= 15 is 0 Å². The van der Waals surface area contributed by atoms with Crippen LogP contribution < -0.4 is 10.2 Å². The number of carbonyl (C=O) groups excluding carboxylic acids is 1. The molecule has 4 nitrogen and oxygen atoms in total. The Morgan fingerprint density at radius 1 is 1.32 bits per heavy atom. The molecule has 1 heterocycles. The molecule has 1 aliphatic rings. The van der Waals surface area contributed by atoms with E-state index in [9.17, 15) is 13.6 Å². The monoisotopic (exact) mass is 361 g/mol. The molecule has 1 aliphatic heterocycles. The average molecular weight is 362 g/mol. The third-order valence-electron chi connectivity index (χ3n) is 4.01. The van der Waals surface area contributed by atoms with E-state index in [1.54, 1.807) is 11.0 Å². The number of amides is 1. The van der Waals surface area contributed by atoms with Crippen molar-refractivity contribution in [1.29, 1.82) is 5.26 Å². The Balaban J connectivity index is 1.75. The summed E-state index contributed by atoms with van der Waals surface area (Å²) in [4.78, 5) is 13.9. The lowest BCUT2D eigenvalue weighted by atomic mass is 10.0. The summed E-state index contributed by atoms with van der Waals surface area (Å²) < 4.78 is 27.5. The maximum absolute atomic E-state index is 14.1. The second-order valence-corrected chi connectivity index (χ2v) is 6.18. The van der Waals surface area contributed by atoms with Crippen LogP contribution in [0.2, 0.25) is 5.02 Å². The molecule has 0 radical (unpaired) electrons. The first-order chi connectivity index (χ1) is 12.0. The van der Waals surface area contributed by atoms with Gasteiger partial charge in [-0.1, -0.05) is 11.6 Å². The molecule has 7 heteroatoms. The molecular formula is C18H14ClF2N3O. The molecule has 0 aromatic heterocycles. The average Bonchev–Trinajstić information content (AvgIpc) is 2.54. The first kappa shape index (κ1) is 17.2. The lowest BCUT2D eigenvalue weighted by Gasteiger charge is -2.31. The molecule has 0 saturated carbocycles. The second-order valence-electron chi connectivity index (χ2n) is 5.78. The van der Waals surface area contributed by atoms with Crippen molar-refractivity contribution in [2.75, 3.05) is 23.3 Å². The molecular weight excluding hydrogens is 348 g/mol. The molecule has 0 unspecified atom stereocenters. The Hall–Kier alpha value is -2.65. The standard InChI is InChI=1S/C18H14ClF2N3O/c19-15-8-14(4-3-12(15)9-22)23-17(25)10-24-5-1-2-11-6-13(20)7-16(21)18(11)24/h3-4,6-8H,1-2,5,10H2,(H,23,25). The van der Waals surface area contributed by atoms with Crippen molar-refractivity contribution >= 4 is 28.9 Å². The van der Waals surface area contributed by atoms with Gasteiger partial charge in [-0.25, -0.2) is 8.78 Å². The number of benzene rings is 2. The van der Waals surface area contributed by atoms with Crippen LogP contribution in [0.15, 0.2) is 30.3 Å². The van der Waals surface area contributed by atoms with Crippen LogP contribution in [0.4, 0.5) is 20.2 Å². The Bertz CT molecular complexity index is 879. The van der Waals surface area contributed by atoms with Crippen molar-refractivity contribution in [2.24, 2.45) is 0 Å². The summed E-state index contributed by atoms with van der Waals surface area (Å²) in [5.41, 5.74) is 1.61. The molecule has 1 amide bonds. The third kappa shape index (κ3) is 3.72. The molecule has 25 heavy (non-hydrogen) atoms. The van der Waals surface area contributed by atoms with Crippen molar-refractivity contribution in [2.45, 2.75) is 12.8 Å². The summed E-state index contributed by atoms with van der Waals surface area (Å²) in [6.45, 7) is 0.449. The number of hydrogen-bond acceptors (Lipinski definition) is 3. The van der Waals surface area contributed by atoms with Crippen LogP contribution in [-0.4, -0.2) is 19.0 Å². The third-order valence-corrected chi connectivity index (χ3v) is 4.32. The maximum atomic E-state index is 14.1. The SMILES string of the molecule is N#Cc1ccc(NC(=O)CN2CCCc3cc(F)cc(F)c32)cc1Cl. The van der Waals surface area contributed by atoms with Gasteiger partial charge in [0.1, 0.15) is 17.7 Å². The minimum absolute atomic E-state index is 0.0623. The van der Waals surface area contributed by atoms with Crippen molar-refractivity contribution in [3.63, 3.8) is 0 Å². The van der Waals surface area contributed by atoms with Crippen molar-refractivity contribution in [3.8, 4) is 6.07 Å². The lowest BCUT2D eigenvalue weighted by molar-refractivity contribution is -0.115. The van der Waals surface area contributed by atoms with Gasteiger partial charge in [0.05, 0.1) is 22.8 Å². The first-order valence-corrected chi connectivity index (χ1v) is 8.08. The molecule has 0 spiro atoms. The van der Waals surface area contributed by atoms with Crippen molar-refractivity contribution in [3.05, 3.63) is 58.1 Å². The van der Waals surface area contributed by atoms with E-state index in [0.717, 1.165) is 6.07 Å². The fourth-order valence-electron chi connectivity index (χ4n) is 2.95. The highest BCUT2D eigenvalue weighted by Crippen LogP contribution is 2.31. The number of nitrogens with zero attached hydrogens (tertiary/aromatic N) is 2. The van der Waals surface area contributed by atoms with Gasteiger partial charge in [-0.3, -0.25) is 4.79 Å². The normalized spacial score (nSPS) is 13.1. The van der Waals surface area contributed by atoms with Gasteiger partial charge in [-0.05, 0) is 42.7 Å². The van der Waals surface area contributed by atoms with Gasteiger partial charge in [-0.2, -0.15) is 5.26 Å². The van der Waals surface area contributed by atoms with Gasteiger partial charge >= 0.3 is 0 Å². The summed E-state index contributed by atoms with van der Waals surface area (Å²) in [6, 6.07) is 8.64. The zero-order chi connectivity index (χ0) is 18.0. The van der Waals surface area contributed by atoms with E-state index in [1.807, 2.05) is 6.07 Å². The zero-order valence-electron chi connectivity index (χ0n) is 13.2. The van der Waals surface area contributed by atoms with E-state index < -0.39 is 11.6 Å². The van der Waals surface area contributed by atoms with Gasteiger partial charge in [0.15, 0.2) is 0 Å². The Labute approximate surface area is 148 Å². The number of carbonyl (C=O) groups is 1. The van der Waals surface area contributed by atoms with Gasteiger partial charge in [0.2, 0.25) is 5.91 Å². The zero-order valence-corrected chi connectivity index (χ0v) is 13.9. The first-order valence-electron chi connectivity index (χ1n) is 7.70. The fourth-order valence-corrected chi connectivity index (χ4v) is 3.17. The summed E-state index contributed by atoms with van der Waals surface area (Å²) in [6.07, 6.45) is 1.29. The number of rotatable bonds is 3. The smallest absolute Gasteiger partial charge is 0.243 e. The summed E-state index contributed by atoms with van der Waals surface area (Å²) >= 11 is 5.94. The predicted octanol–water partition coefficient (Wildman–Crippen LogP) is 3.88. The van der Waals surface area contributed by atoms with Crippen LogP contribution >= 0.6 is 11.6 Å². The van der Waals surface area contributed by atoms with E-state index in [0.29, 0.717) is 36.2 Å². The molecule has 1 N–H and O–H groups in total. The number of aryl methyl sites for hydroxylation is 1. The van der Waals surface area contributed by atoms with E-state index in [1.165, 1.54) is 18.2 Å². The lowest BCUT2D eigenvalue weighted by Crippen LogP contribution is -2.37. The molecule has 128 valence electrons. The van der Waals surface area contributed by atoms with E-state index in [4.69, 9.17) is 16.9 Å². The number of nitrogens with one attached hydrogen (secondary N) is 1. The number of anilines is 2. The van der Waals surface area contributed by atoms with E-state index in [-0.39, 0.29) is 23.2 Å². The Kier molecular flexibility index (Phi) is 4.86. The highest BCUT2D eigenvalue weighted by molar-refractivity contribution is 6.32. The Morgan fingerprint density at radius 3 is 2.84 bits per heavy atom. The van der Waals surface area contributed by atoms with Crippen LogP contribution in [0.5, 0.6) is 0 Å². The molecule has 0 fully saturated rings. The number of fused-ring (bicyclic) bond motifs is 1. The van der Waals surface area contributed by atoms with Gasteiger partial charge < -0.3 is 10.2 Å². The predicted molar refractivity (Wildman–Crippen MR) is 91.7 cm³/mol. The molecule has 3 rings (SSSR count). The second kappa shape index (κ2) is 7.08. The maximum Gasteiger partial charge on any atom is 0.243 e. The minimum Gasteiger partial charge on any atom is -0.360 e. The fraction of sp³-hybridized carbons (Fsp3) is 0.222. The quantitative estimate of drug-likeness (QED) is 0.902. The number of hydrogen-bond donors (Lipinski definition) is 1. The van der Waals surface area contributed by atoms with Crippen molar-refractivity contribution in [1.82, 2.24) is 0 Å². The largest absolute Gasteiger partial charge is 0.360 e. The molecule has 2 aromatic carbocycles. The number of nitriles is 1. The van der Waals surface area contributed by atoms with Crippen molar-refractivity contribution < 1.29 is 13.6 Å². The van der Waals surface area contributed by atoms with Gasteiger partial charge in [0.25, 0.3) is 0 Å². The summed E-state index contributed by atoms with van der Waals surface area (Å²) in [5.74, 6) is -1.63. The highest BCUT2D eigenvalue weighted by atomic mass is 35.5. The summed E-state index contributed by atoms with van der Waals surface area (Å²) in [7, 11) is 0. The highest BCUT2D eigenvalue weighted by Gasteiger charge is 2.23. The van der Waals surface area contributed by atoms with Crippen LogP contribution in [0.1, 0.15) is 17.5 Å². The molecule has 2 aromatic rings. The van der Waals surface area contributed by atoms with E-state index in [2.05, 4.69) is 5.32 Å². The summed E-state index contributed by atoms with van der Waals surface area (Å²) in [5, 5.41) is 11.8. The molecule has 0 bridgehead atoms. The molecule has 0 aliphatic carbocycles. The molecule has 0 saturated heterocycles. The van der Waals surface area contributed by atoms with Crippen LogP contribution in [0.25, 0.3) is 0 Å². The van der Waals surface area contributed by atoms with Crippen LogP contribution in [0, 0.1) is 23.0 Å². The van der Waals surface area contributed by atoms with Crippen LogP contribution in [-0.2, 0) is 11.2 Å². The van der Waals surface area contributed by atoms with Gasteiger partial charge in [0, 0.05) is 18.3 Å². The molecule has 0 atom stereocenters. The topological polar surface area (TPSA) is 56.1 Å². The number of halogens is 3. The van der Waals surface area contributed by atoms with Crippen LogP contribution in [0.3, 0.4) is 0 Å². The van der Waals surface area contributed by atoms with Gasteiger partial charge in [-0.15, -0.1) is 0 Å². The minimum atomic E-state index is -0.663.